The summed E-state index contributed by atoms with van der Waals surface area (Å²) in [5, 5.41) is 0. The molecular weight excluding hydrogens is 388 g/mol. The Hall–Kier alpha value is 0.355. The number of hydrogen-bond donors (Lipinski definition) is 1. The molecule has 0 aliphatic heterocycles. The summed E-state index contributed by atoms with van der Waals surface area (Å²) >= 11 is -1.77. The van der Waals surface area contributed by atoms with Crippen LogP contribution in [0, 0.1) is 0 Å². The Morgan fingerprint density at radius 1 is 1.33 bits per heavy atom. The first-order valence-electron chi connectivity index (χ1n) is 3.17. The molecule has 6 heteroatoms. The van der Waals surface area contributed by atoms with Gasteiger partial charge in [0.1, 0.15) is 0 Å². The van der Waals surface area contributed by atoms with E-state index in [1.54, 1.807) is 18.2 Å². The average Bonchev–Trinajstić information content (AvgIpc) is 2.03. The molecule has 12 heavy (non-hydrogen) atoms. The molecule has 0 aromatic heterocycles. The van der Waals surface area contributed by atoms with Crippen LogP contribution in [0.5, 0.6) is 0 Å². The summed E-state index contributed by atoms with van der Waals surface area (Å²) in [7, 11) is 1.61. The van der Waals surface area contributed by atoms with Gasteiger partial charge in [-0.25, -0.2) is 0 Å². The van der Waals surface area contributed by atoms with E-state index in [2.05, 4.69) is 0 Å². The van der Waals surface area contributed by atoms with E-state index in [9.17, 15) is 8.42 Å². The van der Waals surface area contributed by atoms with Crippen LogP contribution in [-0.4, -0.2) is 13.0 Å². The van der Waals surface area contributed by atoms with E-state index in [1.807, 2.05) is 0 Å². The van der Waals surface area contributed by atoms with Crippen molar-refractivity contribution in [1.29, 1.82) is 0 Å². The molecule has 62 valence electrons. The third-order valence-electron chi connectivity index (χ3n) is 1.39. The van der Waals surface area contributed by atoms with Gasteiger partial charge < -0.3 is 0 Å². The third kappa shape index (κ3) is 2.42. The Kier molecular flexibility index (Phi) is 3.52. The van der Waals surface area contributed by atoms with Gasteiger partial charge in [-0.3, -0.25) is 0 Å². The molecule has 0 amide bonds. The van der Waals surface area contributed by atoms with Crippen molar-refractivity contribution >= 4 is 21.4 Å². The maximum atomic E-state index is 10.7. The second-order valence-electron chi connectivity index (χ2n) is 2.22. The fourth-order valence-electron chi connectivity index (χ4n) is 0.866. The first kappa shape index (κ1) is 10.4. The fourth-order valence-corrected chi connectivity index (χ4v) is 8.86. The molecule has 0 radical (unpaired) electrons. The summed E-state index contributed by atoms with van der Waals surface area (Å²) in [6.07, 6.45) is 0. The van der Waals surface area contributed by atoms with Crippen LogP contribution in [-0.2, 0) is 33.5 Å². The van der Waals surface area contributed by atoms with Crippen molar-refractivity contribution in [2.75, 3.05) is 0 Å². The van der Waals surface area contributed by atoms with Gasteiger partial charge in [0.2, 0.25) is 0 Å². The van der Waals surface area contributed by atoms with Crippen LogP contribution in [0.3, 0.4) is 0 Å². The Balaban J connectivity index is 3.33. The summed E-state index contributed by atoms with van der Waals surface area (Å²) in [4.78, 5) is -0.0262. The van der Waals surface area contributed by atoms with E-state index in [-0.39, 0.29) is 4.90 Å². The molecule has 0 aliphatic carbocycles. The number of halogens is 1. The summed E-state index contributed by atoms with van der Waals surface area (Å²) in [6.45, 7) is 0. The van der Waals surface area contributed by atoms with E-state index in [1.165, 1.54) is 6.07 Å². The van der Waals surface area contributed by atoms with E-state index in [0.29, 0.717) is 3.07 Å². The Labute approximate surface area is 86.4 Å². The molecule has 0 saturated carbocycles. The molecule has 0 unspecified atom stereocenters. The number of rotatable bonds is 2. The quantitative estimate of drug-likeness (QED) is 0.598. The number of hydrogen-bond acceptors (Lipinski definition) is 2. The van der Waals surface area contributed by atoms with E-state index >= 15 is 0 Å². The molecule has 1 aromatic rings. The van der Waals surface area contributed by atoms with Gasteiger partial charge in [0, 0.05) is 0 Å². The van der Waals surface area contributed by atoms with Crippen molar-refractivity contribution in [2.45, 2.75) is 4.90 Å². The second-order valence-corrected chi connectivity index (χ2v) is 9.95. The van der Waals surface area contributed by atoms with E-state index in [4.69, 9.17) is 12.8 Å². The molecule has 0 saturated heterocycles. The topological polar surface area (TPSA) is 54.4 Å². The predicted octanol–water partition coefficient (Wildman–Crippen LogP) is 0.795. The molecule has 0 fully saturated rings. The van der Waals surface area contributed by atoms with E-state index < -0.39 is 33.5 Å². The molecular formula is C6H5ClHgO3S. The van der Waals surface area contributed by atoms with E-state index in [0.717, 1.165) is 0 Å². The Morgan fingerprint density at radius 3 is 2.33 bits per heavy atom. The molecule has 0 atom stereocenters. The Morgan fingerprint density at radius 2 is 1.92 bits per heavy atom. The normalized spacial score (nSPS) is 10.8. The molecule has 1 N–H and O–H groups in total. The fraction of sp³-hybridized carbons (Fsp3) is 0. The maximum absolute atomic E-state index is 10.7. The molecule has 0 heterocycles. The van der Waals surface area contributed by atoms with Crippen LogP contribution in [0.2, 0.25) is 0 Å². The zero-order chi connectivity index (χ0) is 9.19. The van der Waals surface area contributed by atoms with Gasteiger partial charge in [-0.1, -0.05) is 0 Å². The predicted molar refractivity (Wildman–Crippen MR) is 41.7 cm³/mol. The van der Waals surface area contributed by atoms with Crippen LogP contribution < -0.4 is 3.07 Å². The van der Waals surface area contributed by atoms with Crippen LogP contribution >= 0.6 is 8.25 Å². The van der Waals surface area contributed by atoms with Gasteiger partial charge in [-0.15, -0.1) is 0 Å². The van der Waals surface area contributed by atoms with Crippen molar-refractivity contribution in [1.82, 2.24) is 0 Å². The van der Waals surface area contributed by atoms with Gasteiger partial charge in [-0.05, 0) is 0 Å². The standard InChI is InChI=1S/C6H5O3S.ClH.Hg/c7-10(8,9)6-4-2-1-3-5-6;;/h1-4H,(H,7,8,9);1H;/q;;+1/p-1. The van der Waals surface area contributed by atoms with Gasteiger partial charge in [0.05, 0.1) is 0 Å². The van der Waals surface area contributed by atoms with Crippen molar-refractivity contribution in [3.63, 3.8) is 0 Å². The van der Waals surface area contributed by atoms with Gasteiger partial charge >= 0.3 is 86.9 Å². The van der Waals surface area contributed by atoms with Crippen LogP contribution in [0.4, 0.5) is 0 Å². The molecule has 1 aromatic carbocycles. The number of benzene rings is 1. The molecule has 0 bridgehead atoms. The van der Waals surface area contributed by atoms with Gasteiger partial charge in [0.15, 0.2) is 0 Å². The molecule has 3 nitrogen and oxygen atoms in total. The Bertz CT molecular complexity index is 376. The molecule has 0 aliphatic rings. The van der Waals surface area contributed by atoms with Crippen molar-refractivity contribution < 1.29 is 36.3 Å². The summed E-state index contributed by atoms with van der Waals surface area (Å²) in [6, 6.07) is 6.30. The van der Waals surface area contributed by atoms with Crippen molar-refractivity contribution in [2.24, 2.45) is 0 Å². The first-order valence-corrected chi connectivity index (χ1v) is 14.1. The van der Waals surface area contributed by atoms with Gasteiger partial charge in [0.25, 0.3) is 0 Å². The zero-order valence-electron chi connectivity index (χ0n) is 6.07. The van der Waals surface area contributed by atoms with Gasteiger partial charge in [-0.2, -0.15) is 0 Å². The first-order chi connectivity index (χ1) is 5.55. The minimum absolute atomic E-state index is 0.0262. The zero-order valence-corrected chi connectivity index (χ0v) is 13.1. The second kappa shape index (κ2) is 4.04. The summed E-state index contributed by atoms with van der Waals surface area (Å²) < 4.78 is 30.9. The summed E-state index contributed by atoms with van der Waals surface area (Å²) in [5.41, 5.74) is 0. The molecule has 1 rings (SSSR count). The molecule has 0 spiro atoms. The monoisotopic (exact) mass is 394 g/mol. The van der Waals surface area contributed by atoms with Crippen molar-refractivity contribution in [3.05, 3.63) is 24.3 Å². The van der Waals surface area contributed by atoms with Crippen LogP contribution in [0.15, 0.2) is 29.2 Å². The van der Waals surface area contributed by atoms with Crippen LogP contribution in [0.1, 0.15) is 0 Å². The van der Waals surface area contributed by atoms with Crippen LogP contribution in [0.25, 0.3) is 0 Å². The average molecular weight is 393 g/mol. The summed E-state index contributed by atoms with van der Waals surface area (Å²) in [5.74, 6) is 0. The van der Waals surface area contributed by atoms with Crippen molar-refractivity contribution in [3.8, 4) is 0 Å². The third-order valence-corrected chi connectivity index (χ3v) is 9.39. The SMILES string of the molecule is O=S(=O)(O)c1cccc[c]1[Hg][Cl]. The minimum atomic E-state index is -4.07.